The lowest BCUT2D eigenvalue weighted by molar-refractivity contribution is 0.295. The van der Waals surface area contributed by atoms with E-state index in [0.717, 1.165) is 34.1 Å². The molecule has 1 heterocycles. The van der Waals surface area contributed by atoms with Crippen LogP contribution in [0.25, 0.3) is 10.8 Å². The molecule has 0 aliphatic rings. The molecule has 0 atom stereocenters. The summed E-state index contributed by atoms with van der Waals surface area (Å²) in [4.78, 5) is 13.0. The van der Waals surface area contributed by atoms with Gasteiger partial charge in [0.05, 0.1) is 17.7 Å². The van der Waals surface area contributed by atoms with Gasteiger partial charge in [-0.25, -0.2) is 0 Å². The fraction of sp³-hybridized carbons (Fsp3) is 0.526. The van der Waals surface area contributed by atoms with Crippen LogP contribution in [0, 0.1) is 5.41 Å². The fourth-order valence-electron chi connectivity index (χ4n) is 2.76. The molecule has 0 spiro atoms. The molecule has 4 nitrogen and oxygen atoms in total. The first-order valence-electron chi connectivity index (χ1n) is 8.46. The predicted molar refractivity (Wildman–Crippen MR) is 104 cm³/mol. The fourth-order valence-corrected chi connectivity index (χ4v) is 3.12. The van der Waals surface area contributed by atoms with Gasteiger partial charge in [-0.2, -0.15) is 0 Å². The van der Waals surface area contributed by atoms with Gasteiger partial charge in [-0.1, -0.05) is 50.0 Å². The van der Waals surface area contributed by atoms with Gasteiger partial charge in [0.15, 0.2) is 0 Å². The lowest BCUT2D eigenvalue weighted by Gasteiger charge is -2.25. The summed E-state index contributed by atoms with van der Waals surface area (Å²) in [5.74, 6) is 0.742. The van der Waals surface area contributed by atoms with E-state index in [-0.39, 0.29) is 17.5 Å². The third-order valence-corrected chi connectivity index (χ3v) is 4.35. The lowest BCUT2D eigenvalue weighted by atomic mass is 9.96. The second-order valence-corrected chi connectivity index (χ2v) is 8.24. The summed E-state index contributed by atoms with van der Waals surface area (Å²) in [6.07, 6.45) is 2.03. The highest BCUT2D eigenvalue weighted by atomic mass is 79.9. The van der Waals surface area contributed by atoms with Crippen molar-refractivity contribution in [2.24, 2.45) is 11.1 Å². The van der Waals surface area contributed by atoms with E-state index >= 15 is 0 Å². The van der Waals surface area contributed by atoms with E-state index in [0.29, 0.717) is 18.5 Å². The summed E-state index contributed by atoms with van der Waals surface area (Å²) < 4.78 is 8.80. The first-order valence-corrected chi connectivity index (χ1v) is 9.25. The maximum absolute atomic E-state index is 13.0. The van der Waals surface area contributed by atoms with Crippen LogP contribution in [-0.4, -0.2) is 11.2 Å². The number of fused-ring (bicyclic) bond motifs is 1. The number of hydrogen-bond donors (Lipinski definition) is 1. The number of unbranched alkanes of at least 4 members (excludes halogenated alkanes) is 1. The van der Waals surface area contributed by atoms with Crippen LogP contribution in [0.5, 0.6) is 5.75 Å². The van der Waals surface area contributed by atoms with E-state index in [9.17, 15) is 4.79 Å². The number of hydrogen-bond acceptors (Lipinski definition) is 3. The first-order chi connectivity index (χ1) is 11.3. The number of ether oxygens (including phenoxy) is 1. The van der Waals surface area contributed by atoms with Crippen molar-refractivity contribution >= 4 is 26.7 Å². The van der Waals surface area contributed by atoms with E-state index in [2.05, 4.69) is 43.6 Å². The van der Waals surface area contributed by atoms with Crippen molar-refractivity contribution in [3.63, 3.8) is 0 Å². The monoisotopic (exact) mass is 394 g/mol. The molecular formula is C19H27BrN2O2. The van der Waals surface area contributed by atoms with E-state index in [4.69, 9.17) is 10.5 Å². The van der Waals surface area contributed by atoms with Crippen LogP contribution in [0.3, 0.4) is 0 Å². The Morgan fingerprint density at radius 2 is 1.96 bits per heavy atom. The van der Waals surface area contributed by atoms with E-state index < -0.39 is 0 Å². The Morgan fingerprint density at radius 3 is 2.54 bits per heavy atom. The van der Waals surface area contributed by atoms with E-state index in [1.165, 1.54) is 0 Å². The Balaban J connectivity index is 2.74. The Morgan fingerprint density at radius 1 is 1.25 bits per heavy atom. The minimum absolute atomic E-state index is 0.00397. The standard InChI is InChI=1S/C19H27BrN2O2/c1-5-6-9-24-17-15-10-13(20)7-8-14(15)18(23)22(16(17)11-21)12-19(2,3)4/h7-8,10H,5-6,9,11-12,21H2,1-4H3. The van der Waals surface area contributed by atoms with Gasteiger partial charge in [0.2, 0.25) is 0 Å². The minimum atomic E-state index is -0.0303. The zero-order valence-corrected chi connectivity index (χ0v) is 16.6. The van der Waals surface area contributed by atoms with E-state index in [1.807, 2.05) is 18.2 Å². The summed E-state index contributed by atoms with van der Waals surface area (Å²) in [5, 5.41) is 1.50. The zero-order chi connectivity index (χ0) is 17.9. The number of aromatic nitrogens is 1. The molecule has 1 aromatic carbocycles. The molecule has 0 unspecified atom stereocenters. The average molecular weight is 395 g/mol. The summed E-state index contributed by atoms with van der Waals surface area (Å²) in [7, 11) is 0. The Hall–Kier alpha value is -1.33. The number of nitrogens with two attached hydrogens (primary N) is 1. The molecule has 0 radical (unpaired) electrons. The van der Waals surface area contributed by atoms with Crippen LogP contribution in [-0.2, 0) is 13.1 Å². The molecule has 24 heavy (non-hydrogen) atoms. The SMILES string of the molecule is CCCCOc1c(CN)n(CC(C)(C)C)c(=O)c2ccc(Br)cc12. The highest BCUT2D eigenvalue weighted by Gasteiger charge is 2.21. The summed E-state index contributed by atoms with van der Waals surface area (Å²) in [6.45, 7) is 9.97. The third-order valence-electron chi connectivity index (χ3n) is 3.86. The maximum Gasteiger partial charge on any atom is 0.258 e. The molecular weight excluding hydrogens is 368 g/mol. The van der Waals surface area contributed by atoms with Crippen molar-refractivity contribution in [1.29, 1.82) is 0 Å². The van der Waals surface area contributed by atoms with Crippen molar-refractivity contribution in [3.05, 3.63) is 38.7 Å². The molecule has 2 N–H and O–H groups in total. The van der Waals surface area contributed by atoms with Gasteiger partial charge < -0.3 is 15.0 Å². The Bertz CT molecular complexity index is 776. The molecule has 2 rings (SSSR count). The molecule has 132 valence electrons. The van der Waals surface area contributed by atoms with Crippen molar-refractivity contribution in [2.45, 2.75) is 53.6 Å². The van der Waals surface area contributed by atoms with Gasteiger partial charge in [-0.15, -0.1) is 0 Å². The summed E-state index contributed by atoms with van der Waals surface area (Å²) >= 11 is 3.49. The Labute approximate surface area is 152 Å². The quantitative estimate of drug-likeness (QED) is 0.736. The van der Waals surface area contributed by atoms with Crippen LogP contribution in [0.4, 0.5) is 0 Å². The zero-order valence-electron chi connectivity index (χ0n) is 15.0. The highest BCUT2D eigenvalue weighted by Crippen LogP contribution is 2.31. The van der Waals surface area contributed by atoms with Crippen LogP contribution >= 0.6 is 15.9 Å². The highest BCUT2D eigenvalue weighted by molar-refractivity contribution is 9.10. The molecule has 1 aromatic heterocycles. The number of rotatable bonds is 6. The molecule has 2 aromatic rings. The number of nitrogens with zero attached hydrogens (tertiary/aromatic N) is 1. The van der Waals surface area contributed by atoms with Gasteiger partial charge in [0.25, 0.3) is 5.56 Å². The van der Waals surface area contributed by atoms with Crippen molar-refractivity contribution in [2.75, 3.05) is 6.61 Å². The van der Waals surface area contributed by atoms with Gasteiger partial charge in [0.1, 0.15) is 5.75 Å². The third kappa shape index (κ3) is 4.19. The van der Waals surface area contributed by atoms with Gasteiger partial charge in [-0.05, 0) is 30.0 Å². The van der Waals surface area contributed by atoms with Gasteiger partial charge in [-0.3, -0.25) is 4.79 Å². The van der Waals surface area contributed by atoms with Crippen LogP contribution in [0.2, 0.25) is 0 Å². The normalized spacial score (nSPS) is 11.9. The largest absolute Gasteiger partial charge is 0.491 e. The first kappa shape index (κ1) is 19.0. The molecule has 0 aliphatic heterocycles. The molecule has 0 bridgehead atoms. The summed E-state index contributed by atoms with van der Waals surface area (Å²) in [6, 6.07) is 5.69. The van der Waals surface area contributed by atoms with Crippen molar-refractivity contribution in [3.8, 4) is 5.75 Å². The van der Waals surface area contributed by atoms with Crippen molar-refractivity contribution in [1.82, 2.24) is 4.57 Å². The van der Waals surface area contributed by atoms with Gasteiger partial charge >= 0.3 is 0 Å². The van der Waals surface area contributed by atoms with Crippen LogP contribution in [0.1, 0.15) is 46.2 Å². The smallest absolute Gasteiger partial charge is 0.258 e. The predicted octanol–water partition coefficient (Wildman–Crippen LogP) is 4.45. The maximum atomic E-state index is 13.0. The Kier molecular flexibility index (Phi) is 6.10. The topological polar surface area (TPSA) is 57.2 Å². The van der Waals surface area contributed by atoms with Crippen LogP contribution in [0.15, 0.2) is 27.5 Å². The minimum Gasteiger partial charge on any atom is -0.491 e. The van der Waals surface area contributed by atoms with Crippen molar-refractivity contribution < 1.29 is 4.74 Å². The molecule has 0 saturated heterocycles. The number of pyridine rings is 1. The molecule has 0 saturated carbocycles. The average Bonchev–Trinajstić information content (AvgIpc) is 2.50. The molecule has 0 amide bonds. The molecule has 5 heteroatoms. The molecule has 0 fully saturated rings. The number of halogens is 1. The second-order valence-electron chi connectivity index (χ2n) is 7.32. The van der Waals surface area contributed by atoms with E-state index in [1.54, 1.807) is 4.57 Å². The summed E-state index contributed by atoms with van der Waals surface area (Å²) in [5.41, 5.74) is 6.76. The second kappa shape index (κ2) is 7.70. The van der Waals surface area contributed by atoms with Crippen LogP contribution < -0.4 is 16.0 Å². The molecule has 0 aliphatic carbocycles. The number of benzene rings is 1. The lowest BCUT2D eigenvalue weighted by Crippen LogP contribution is -2.31. The van der Waals surface area contributed by atoms with Gasteiger partial charge in [0, 0.05) is 22.9 Å².